The van der Waals surface area contributed by atoms with Gasteiger partial charge in [0.25, 0.3) is 0 Å². The molecule has 0 heterocycles. The lowest BCUT2D eigenvalue weighted by atomic mass is 10.0. The average Bonchev–Trinajstić information content (AvgIpc) is 2.73. The molecule has 0 atom stereocenters. The van der Waals surface area contributed by atoms with Gasteiger partial charge in [0, 0.05) is 0 Å². The smallest absolute Gasteiger partial charge is 0.344 e. The molecule has 0 aliphatic heterocycles. The zero-order valence-electron chi connectivity index (χ0n) is 19.2. The molecule has 0 unspecified atom stereocenters. The fraction of sp³-hybridized carbons (Fsp3) is 0.731. The van der Waals surface area contributed by atoms with Crippen molar-refractivity contribution in [1.82, 2.24) is 0 Å². The molecule has 1 rings (SSSR count). The SMILES string of the molecule is CCCCCCCCCCCCCCCCCCOC(=O)c1c(F)ccc(C)c1F. The highest BCUT2D eigenvalue weighted by Crippen LogP contribution is 2.18. The predicted octanol–water partition coefficient (Wildman–Crippen LogP) is 8.69. The summed E-state index contributed by atoms with van der Waals surface area (Å²) < 4.78 is 32.6. The molecule has 0 aromatic heterocycles. The maximum absolute atomic E-state index is 13.9. The van der Waals surface area contributed by atoms with Crippen LogP contribution in [0.5, 0.6) is 0 Å². The van der Waals surface area contributed by atoms with Crippen molar-refractivity contribution in [1.29, 1.82) is 0 Å². The third kappa shape index (κ3) is 11.7. The normalized spacial score (nSPS) is 11.1. The van der Waals surface area contributed by atoms with E-state index in [0.717, 1.165) is 25.3 Å². The fourth-order valence-corrected chi connectivity index (χ4v) is 3.73. The average molecular weight is 425 g/mol. The van der Waals surface area contributed by atoms with E-state index in [1.807, 2.05) is 0 Å². The monoisotopic (exact) mass is 424 g/mol. The zero-order valence-corrected chi connectivity index (χ0v) is 19.2. The molecule has 0 aliphatic carbocycles. The Balaban J connectivity index is 1.90. The van der Waals surface area contributed by atoms with Crippen LogP contribution in [0.15, 0.2) is 12.1 Å². The van der Waals surface area contributed by atoms with E-state index in [1.54, 1.807) is 0 Å². The first kappa shape index (κ1) is 26.6. The zero-order chi connectivity index (χ0) is 22.0. The van der Waals surface area contributed by atoms with Gasteiger partial charge in [-0.25, -0.2) is 13.6 Å². The molecule has 0 aliphatic rings. The van der Waals surface area contributed by atoms with Crippen molar-refractivity contribution in [2.75, 3.05) is 6.61 Å². The number of esters is 1. The first-order valence-corrected chi connectivity index (χ1v) is 12.2. The molecular formula is C26H42F2O2. The Morgan fingerprint density at radius 3 is 1.63 bits per heavy atom. The van der Waals surface area contributed by atoms with E-state index < -0.39 is 23.2 Å². The predicted molar refractivity (Wildman–Crippen MR) is 121 cm³/mol. The van der Waals surface area contributed by atoms with Crippen molar-refractivity contribution in [3.05, 3.63) is 34.9 Å². The van der Waals surface area contributed by atoms with Crippen LogP contribution in [0.25, 0.3) is 0 Å². The number of carbonyl (C=O) groups excluding carboxylic acids is 1. The van der Waals surface area contributed by atoms with Crippen LogP contribution in [-0.2, 0) is 4.74 Å². The molecule has 0 saturated heterocycles. The Bertz CT molecular complexity index is 587. The van der Waals surface area contributed by atoms with Crippen molar-refractivity contribution in [2.45, 2.75) is 117 Å². The van der Waals surface area contributed by atoms with Crippen molar-refractivity contribution >= 4 is 5.97 Å². The summed E-state index contributed by atoms with van der Waals surface area (Å²) in [6, 6.07) is 2.42. The Morgan fingerprint density at radius 1 is 0.733 bits per heavy atom. The molecule has 0 fully saturated rings. The van der Waals surface area contributed by atoms with E-state index in [9.17, 15) is 13.6 Å². The van der Waals surface area contributed by atoms with E-state index in [-0.39, 0.29) is 12.2 Å². The highest BCUT2D eigenvalue weighted by Gasteiger charge is 2.20. The van der Waals surface area contributed by atoms with Gasteiger partial charge in [-0.1, -0.05) is 109 Å². The van der Waals surface area contributed by atoms with Crippen LogP contribution in [0.3, 0.4) is 0 Å². The number of hydrogen-bond acceptors (Lipinski definition) is 2. The lowest BCUT2D eigenvalue weighted by Crippen LogP contribution is -2.12. The van der Waals surface area contributed by atoms with Gasteiger partial charge < -0.3 is 4.74 Å². The van der Waals surface area contributed by atoms with Crippen molar-refractivity contribution in [2.24, 2.45) is 0 Å². The molecule has 30 heavy (non-hydrogen) atoms. The molecule has 0 radical (unpaired) electrons. The van der Waals surface area contributed by atoms with Gasteiger partial charge in [0.05, 0.1) is 6.61 Å². The van der Waals surface area contributed by atoms with Crippen LogP contribution in [0, 0.1) is 18.6 Å². The van der Waals surface area contributed by atoms with Crippen LogP contribution >= 0.6 is 0 Å². The molecule has 172 valence electrons. The molecular weight excluding hydrogens is 382 g/mol. The summed E-state index contributed by atoms with van der Waals surface area (Å²) in [5.41, 5.74) is -0.336. The first-order valence-electron chi connectivity index (χ1n) is 12.2. The van der Waals surface area contributed by atoms with E-state index in [1.165, 1.54) is 96.5 Å². The van der Waals surface area contributed by atoms with E-state index in [2.05, 4.69) is 6.92 Å². The molecule has 1 aromatic rings. The standard InChI is InChI=1S/C26H42F2O2/c1-3-4-5-6-7-8-9-10-11-12-13-14-15-16-17-18-21-30-26(29)24-23(27)20-19-22(2)25(24)28/h19-20H,3-18,21H2,1-2H3. The summed E-state index contributed by atoms with van der Waals surface area (Å²) in [7, 11) is 0. The molecule has 1 aromatic carbocycles. The van der Waals surface area contributed by atoms with Gasteiger partial charge in [0.1, 0.15) is 17.2 Å². The van der Waals surface area contributed by atoms with Crippen LogP contribution in [0.1, 0.15) is 126 Å². The topological polar surface area (TPSA) is 26.3 Å². The Hall–Kier alpha value is -1.45. The van der Waals surface area contributed by atoms with Gasteiger partial charge in [-0.05, 0) is 25.0 Å². The number of halogens is 2. The summed E-state index contributed by atoms with van der Waals surface area (Å²) >= 11 is 0. The minimum absolute atomic E-state index is 0.212. The van der Waals surface area contributed by atoms with Gasteiger partial charge in [-0.2, -0.15) is 0 Å². The van der Waals surface area contributed by atoms with Crippen LogP contribution in [-0.4, -0.2) is 12.6 Å². The molecule has 0 bridgehead atoms. The molecule has 0 spiro atoms. The maximum Gasteiger partial charge on any atom is 0.344 e. The quantitative estimate of drug-likeness (QED) is 0.174. The summed E-state index contributed by atoms with van der Waals surface area (Å²) in [5.74, 6) is -2.60. The molecule has 0 saturated carbocycles. The third-order valence-electron chi connectivity index (χ3n) is 5.72. The number of aryl methyl sites for hydroxylation is 1. The van der Waals surface area contributed by atoms with Gasteiger partial charge in [-0.3, -0.25) is 0 Å². The Morgan fingerprint density at radius 2 is 1.17 bits per heavy atom. The highest BCUT2D eigenvalue weighted by atomic mass is 19.1. The lowest BCUT2D eigenvalue weighted by Gasteiger charge is -2.08. The summed E-state index contributed by atoms with van der Waals surface area (Å²) in [6.07, 6.45) is 20.4. The second-order valence-corrected chi connectivity index (χ2v) is 8.49. The number of ether oxygens (including phenoxy) is 1. The van der Waals surface area contributed by atoms with Gasteiger partial charge in [-0.15, -0.1) is 0 Å². The number of hydrogen-bond donors (Lipinski definition) is 0. The minimum Gasteiger partial charge on any atom is -0.462 e. The van der Waals surface area contributed by atoms with Crippen molar-refractivity contribution < 1.29 is 18.3 Å². The van der Waals surface area contributed by atoms with E-state index in [4.69, 9.17) is 4.74 Å². The number of rotatable bonds is 18. The highest BCUT2D eigenvalue weighted by molar-refractivity contribution is 5.90. The van der Waals surface area contributed by atoms with Gasteiger partial charge >= 0.3 is 5.97 Å². The lowest BCUT2D eigenvalue weighted by molar-refractivity contribution is 0.0486. The molecule has 0 amide bonds. The number of benzene rings is 1. The summed E-state index contributed by atoms with van der Waals surface area (Å²) in [6.45, 7) is 3.97. The first-order chi connectivity index (χ1) is 14.6. The van der Waals surface area contributed by atoms with Crippen LogP contribution in [0.2, 0.25) is 0 Å². The molecule has 4 heteroatoms. The number of carbonyl (C=O) groups is 1. The number of unbranched alkanes of at least 4 members (excludes halogenated alkanes) is 15. The van der Waals surface area contributed by atoms with E-state index in [0.29, 0.717) is 0 Å². The second-order valence-electron chi connectivity index (χ2n) is 8.49. The van der Waals surface area contributed by atoms with Crippen LogP contribution < -0.4 is 0 Å². The minimum atomic E-state index is -0.908. The summed E-state index contributed by atoms with van der Waals surface area (Å²) in [4.78, 5) is 11.9. The second kappa shape index (κ2) is 17.3. The Kier molecular flexibility index (Phi) is 15.3. The Labute approximate surface area is 182 Å². The van der Waals surface area contributed by atoms with Crippen molar-refractivity contribution in [3.8, 4) is 0 Å². The van der Waals surface area contributed by atoms with E-state index >= 15 is 0 Å². The summed E-state index contributed by atoms with van der Waals surface area (Å²) in [5, 5.41) is 0. The molecule has 2 nitrogen and oxygen atoms in total. The van der Waals surface area contributed by atoms with Gasteiger partial charge in [0.15, 0.2) is 0 Å². The van der Waals surface area contributed by atoms with Gasteiger partial charge in [0.2, 0.25) is 0 Å². The molecule has 0 N–H and O–H groups in total. The van der Waals surface area contributed by atoms with Crippen LogP contribution in [0.4, 0.5) is 8.78 Å². The maximum atomic E-state index is 13.9. The third-order valence-corrected chi connectivity index (χ3v) is 5.72. The largest absolute Gasteiger partial charge is 0.462 e. The van der Waals surface area contributed by atoms with Crippen molar-refractivity contribution in [3.63, 3.8) is 0 Å². The fourth-order valence-electron chi connectivity index (χ4n) is 3.73.